The number of benzene rings is 1. The van der Waals surface area contributed by atoms with Crippen molar-refractivity contribution in [2.45, 2.75) is 6.92 Å². The van der Waals surface area contributed by atoms with E-state index >= 15 is 0 Å². The van der Waals surface area contributed by atoms with Gasteiger partial charge in [0.25, 0.3) is 0 Å². The van der Waals surface area contributed by atoms with Crippen LogP contribution in [0.4, 0.5) is 0 Å². The predicted molar refractivity (Wildman–Crippen MR) is 106 cm³/mol. The lowest BCUT2D eigenvalue weighted by Gasteiger charge is -2.25. The van der Waals surface area contributed by atoms with Gasteiger partial charge in [-0.3, -0.25) is 14.4 Å². The second-order valence-electron chi connectivity index (χ2n) is 6.60. The number of ether oxygens (including phenoxy) is 1. The van der Waals surface area contributed by atoms with Crippen LogP contribution in [0, 0.1) is 6.92 Å². The van der Waals surface area contributed by atoms with Gasteiger partial charge in [0.2, 0.25) is 5.91 Å². The van der Waals surface area contributed by atoms with E-state index in [1.807, 2.05) is 38.5 Å². The molecule has 0 unspecified atom stereocenters. The molecule has 2 aromatic rings. The number of aryl methyl sites for hydroxylation is 2. The third-order valence-corrected chi connectivity index (χ3v) is 4.52. The van der Waals surface area contributed by atoms with E-state index in [2.05, 4.69) is 39.2 Å². The highest BCUT2D eigenvalue weighted by Gasteiger charge is 2.14. The van der Waals surface area contributed by atoms with Crippen LogP contribution in [-0.2, 0) is 16.6 Å². The third-order valence-electron chi connectivity index (χ3n) is 4.52. The van der Waals surface area contributed by atoms with Crippen molar-refractivity contribution in [3.63, 3.8) is 0 Å². The molecule has 0 aliphatic carbocycles. The number of aromatic nitrogens is 2. The first kappa shape index (κ1) is 19.0. The molecule has 3 rings (SSSR count). The number of nitrogens with zero attached hydrogens (tertiary/aromatic N) is 4. The number of aliphatic imine (C=N–C) groups is 1. The van der Waals surface area contributed by atoms with Crippen molar-refractivity contribution in [1.29, 1.82) is 0 Å². The van der Waals surface area contributed by atoms with E-state index in [1.165, 1.54) is 0 Å². The molecule has 1 saturated heterocycles. The van der Waals surface area contributed by atoms with Gasteiger partial charge in [0.05, 0.1) is 26.0 Å². The monoisotopic (exact) mass is 367 g/mol. The number of amides is 1. The summed E-state index contributed by atoms with van der Waals surface area (Å²) in [5, 5.41) is 7.07. The summed E-state index contributed by atoms with van der Waals surface area (Å²) in [4.78, 5) is 18.4. The van der Waals surface area contributed by atoms with E-state index in [-0.39, 0.29) is 5.91 Å². The maximum Gasteiger partial charge on any atom is 0.239 e. The number of rotatable bonds is 6. The molecule has 1 aliphatic heterocycles. The van der Waals surface area contributed by atoms with Crippen molar-refractivity contribution in [1.82, 2.24) is 20.0 Å². The van der Waals surface area contributed by atoms with Gasteiger partial charge in [-0.2, -0.15) is 5.10 Å². The average Bonchev–Trinajstić information content (AvgIpc) is 3.10. The Labute approximate surface area is 159 Å². The van der Waals surface area contributed by atoms with Gasteiger partial charge in [-0.25, -0.2) is 4.99 Å². The number of hydrogen-bond acceptors (Lipinski definition) is 5. The molecule has 2 heterocycles. The van der Waals surface area contributed by atoms with Gasteiger partial charge in [0.1, 0.15) is 5.82 Å². The van der Waals surface area contributed by atoms with Crippen LogP contribution < -0.4 is 5.32 Å². The van der Waals surface area contributed by atoms with E-state index in [1.54, 1.807) is 4.68 Å². The average molecular weight is 367 g/mol. The molecule has 0 bridgehead atoms. The van der Waals surface area contributed by atoms with E-state index in [4.69, 9.17) is 4.74 Å². The van der Waals surface area contributed by atoms with Crippen molar-refractivity contribution >= 4 is 18.7 Å². The first-order valence-electron chi connectivity index (χ1n) is 8.93. The standard InChI is InChI=1S/C20H25N5O2/c1-15-4-5-16(18-12-22-24(3)13-18)10-17(15)11-19(21-2)23-20(26)14-25-6-8-27-9-7-25/h4-5,10-13H,2,6-9,14H2,1,3H3,(H,23,26)/b19-11+. The summed E-state index contributed by atoms with van der Waals surface area (Å²) in [5.41, 5.74) is 4.16. The first-order valence-corrected chi connectivity index (χ1v) is 8.93. The summed E-state index contributed by atoms with van der Waals surface area (Å²) in [5.74, 6) is 0.344. The third kappa shape index (κ3) is 5.12. The smallest absolute Gasteiger partial charge is 0.239 e. The second kappa shape index (κ2) is 8.75. The van der Waals surface area contributed by atoms with Gasteiger partial charge in [-0.05, 0) is 42.5 Å². The van der Waals surface area contributed by atoms with Crippen molar-refractivity contribution in [3.05, 3.63) is 47.5 Å². The zero-order valence-electron chi connectivity index (χ0n) is 15.8. The molecule has 0 radical (unpaired) electrons. The maximum atomic E-state index is 12.3. The number of nitrogens with one attached hydrogen (secondary N) is 1. The fraction of sp³-hybridized carbons (Fsp3) is 0.350. The number of hydrogen-bond donors (Lipinski definition) is 1. The molecule has 142 valence electrons. The van der Waals surface area contributed by atoms with Crippen molar-refractivity contribution in [2.24, 2.45) is 12.0 Å². The largest absolute Gasteiger partial charge is 0.379 e. The topological polar surface area (TPSA) is 71.8 Å². The Morgan fingerprint density at radius 1 is 1.37 bits per heavy atom. The molecule has 1 fully saturated rings. The zero-order chi connectivity index (χ0) is 19.2. The van der Waals surface area contributed by atoms with Crippen LogP contribution >= 0.6 is 0 Å². The Bertz CT molecular complexity index is 850. The van der Waals surface area contributed by atoms with Crippen LogP contribution in [0.3, 0.4) is 0 Å². The summed E-state index contributed by atoms with van der Waals surface area (Å²) < 4.78 is 7.08. The molecule has 7 heteroatoms. The van der Waals surface area contributed by atoms with E-state index < -0.39 is 0 Å². The van der Waals surface area contributed by atoms with Crippen LogP contribution in [0.5, 0.6) is 0 Å². The summed E-state index contributed by atoms with van der Waals surface area (Å²) in [6.07, 6.45) is 5.64. The van der Waals surface area contributed by atoms with Crippen LogP contribution in [-0.4, -0.2) is 60.2 Å². The number of carbonyl (C=O) groups excluding carboxylic acids is 1. The Balaban J connectivity index is 1.74. The van der Waals surface area contributed by atoms with Crippen molar-refractivity contribution in [2.75, 3.05) is 32.8 Å². The molecular formula is C20H25N5O2. The zero-order valence-corrected chi connectivity index (χ0v) is 15.8. The summed E-state index contributed by atoms with van der Waals surface area (Å²) in [6, 6.07) is 6.16. The molecule has 0 atom stereocenters. The summed E-state index contributed by atoms with van der Waals surface area (Å²) in [6.45, 7) is 8.79. The van der Waals surface area contributed by atoms with E-state index in [0.717, 1.165) is 35.3 Å². The first-order chi connectivity index (χ1) is 13.0. The maximum absolute atomic E-state index is 12.3. The van der Waals surface area contributed by atoms with Crippen molar-refractivity contribution in [3.8, 4) is 11.1 Å². The highest BCUT2D eigenvalue weighted by atomic mass is 16.5. The fourth-order valence-corrected chi connectivity index (χ4v) is 2.96. The number of morpholine rings is 1. The quantitative estimate of drug-likeness (QED) is 0.791. The summed E-state index contributed by atoms with van der Waals surface area (Å²) >= 11 is 0. The highest BCUT2D eigenvalue weighted by Crippen LogP contribution is 2.23. The van der Waals surface area contributed by atoms with Crippen LogP contribution in [0.1, 0.15) is 11.1 Å². The van der Waals surface area contributed by atoms with Crippen molar-refractivity contribution < 1.29 is 9.53 Å². The number of carbonyl (C=O) groups is 1. The van der Waals surface area contributed by atoms with E-state index in [9.17, 15) is 4.79 Å². The SMILES string of the molecule is C=N/C(=C\c1cc(-c2cnn(C)c2)ccc1C)NC(=O)CN1CCOCC1. The lowest BCUT2D eigenvalue weighted by molar-refractivity contribution is -0.122. The van der Waals surface area contributed by atoms with Gasteiger partial charge in [-0.15, -0.1) is 0 Å². The summed E-state index contributed by atoms with van der Waals surface area (Å²) in [7, 11) is 1.89. The minimum atomic E-state index is -0.100. The lowest BCUT2D eigenvalue weighted by atomic mass is 10.0. The molecule has 27 heavy (non-hydrogen) atoms. The molecule has 1 aliphatic rings. The Hall–Kier alpha value is -2.77. The molecular weight excluding hydrogens is 342 g/mol. The predicted octanol–water partition coefficient (Wildman–Crippen LogP) is 1.84. The fourth-order valence-electron chi connectivity index (χ4n) is 2.96. The minimum Gasteiger partial charge on any atom is -0.379 e. The molecule has 0 spiro atoms. The lowest BCUT2D eigenvalue weighted by Crippen LogP contribution is -2.42. The molecule has 7 nitrogen and oxygen atoms in total. The Morgan fingerprint density at radius 3 is 2.81 bits per heavy atom. The minimum absolute atomic E-state index is 0.100. The van der Waals surface area contributed by atoms with Gasteiger partial charge in [0.15, 0.2) is 0 Å². The van der Waals surface area contributed by atoms with Gasteiger partial charge in [-0.1, -0.05) is 12.1 Å². The Kier molecular flexibility index (Phi) is 6.16. The van der Waals surface area contributed by atoms with Crippen LogP contribution in [0.15, 0.2) is 41.4 Å². The van der Waals surface area contributed by atoms with Crippen LogP contribution in [0.25, 0.3) is 17.2 Å². The molecule has 1 N–H and O–H groups in total. The second-order valence-corrected chi connectivity index (χ2v) is 6.60. The Morgan fingerprint density at radius 2 is 2.15 bits per heavy atom. The highest BCUT2D eigenvalue weighted by molar-refractivity contribution is 5.81. The van der Waals surface area contributed by atoms with Gasteiger partial charge in [0, 0.05) is 31.9 Å². The molecule has 0 saturated carbocycles. The normalized spacial score (nSPS) is 15.6. The van der Waals surface area contributed by atoms with Gasteiger partial charge >= 0.3 is 0 Å². The van der Waals surface area contributed by atoms with Crippen LogP contribution in [0.2, 0.25) is 0 Å². The molecule has 1 aromatic carbocycles. The van der Waals surface area contributed by atoms with Gasteiger partial charge < -0.3 is 10.1 Å². The molecule has 1 amide bonds. The molecule has 1 aromatic heterocycles. The van der Waals surface area contributed by atoms with E-state index in [0.29, 0.717) is 25.6 Å².